The number of aromatic nitrogens is 2. The molecule has 0 amide bonds. The van der Waals surface area contributed by atoms with E-state index in [0.29, 0.717) is 0 Å². The van der Waals surface area contributed by atoms with Gasteiger partial charge in [0.05, 0.1) is 11.0 Å². The molecule has 1 N–H and O–H groups in total. The Kier molecular flexibility index (Phi) is 3.63. The molecular weight excluding hydrogens is 292 g/mol. The van der Waals surface area contributed by atoms with Crippen LogP contribution in [0.3, 0.4) is 0 Å². The Morgan fingerprint density at radius 3 is 2.83 bits per heavy atom. The van der Waals surface area contributed by atoms with E-state index in [2.05, 4.69) is 10.6 Å². The van der Waals surface area contributed by atoms with Crippen LogP contribution in [0.4, 0.5) is 0 Å². The number of fused-ring (bicyclic) bond motifs is 2. The third kappa shape index (κ3) is 2.53. The monoisotopic (exact) mass is 310 g/mol. The van der Waals surface area contributed by atoms with Crippen LogP contribution in [0.2, 0.25) is 0 Å². The molecule has 1 aliphatic heterocycles. The molecule has 3 aromatic rings. The van der Waals surface area contributed by atoms with Gasteiger partial charge < -0.3 is 19.1 Å². The minimum Gasteiger partial charge on any atom is -0.454 e. The number of para-hydroxylation sites is 2. The molecule has 0 aliphatic carbocycles. The first kappa shape index (κ1) is 14.1. The third-order valence-electron chi connectivity index (χ3n) is 4.08. The molecular formula is C18H18N2O3. The van der Waals surface area contributed by atoms with Crippen LogP contribution in [0.15, 0.2) is 42.5 Å². The van der Waals surface area contributed by atoms with E-state index in [0.717, 1.165) is 53.3 Å². The zero-order chi connectivity index (χ0) is 15.6. The van der Waals surface area contributed by atoms with Crippen molar-refractivity contribution in [3.05, 3.63) is 42.5 Å². The van der Waals surface area contributed by atoms with Gasteiger partial charge in [0.25, 0.3) is 0 Å². The Bertz CT molecular complexity index is 841. The highest BCUT2D eigenvalue weighted by atomic mass is 16.7. The fourth-order valence-electron chi connectivity index (χ4n) is 2.94. The smallest absolute Gasteiger partial charge is 0.231 e. The number of unbranched alkanes of at least 4 members (excludes halogenated alkanes) is 1. The average Bonchev–Trinajstić information content (AvgIpc) is 3.19. The van der Waals surface area contributed by atoms with Crippen LogP contribution >= 0.6 is 0 Å². The van der Waals surface area contributed by atoms with Crippen molar-refractivity contribution in [2.45, 2.75) is 19.4 Å². The van der Waals surface area contributed by atoms with Crippen LogP contribution in [0, 0.1) is 0 Å². The Balaban J connectivity index is 1.80. The van der Waals surface area contributed by atoms with Gasteiger partial charge >= 0.3 is 0 Å². The van der Waals surface area contributed by atoms with Crippen molar-refractivity contribution in [2.75, 3.05) is 13.4 Å². The number of ether oxygens (including phenoxy) is 2. The van der Waals surface area contributed by atoms with E-state index in [1.807, 2.05) is 36.4 Å². The van der Waals surface area contributed by atoms with E-state index >= 15 is 0 Å². The van der Waals surface area contributed by atoms with Crippen molar-refractivity contribution in [2.24, 2.45) is 0 Å². The van der Waals surface area contributed by atoms with E-state index in [1.165, 1.54) is 0 Å². The summed E-state index contributed by atoms with van der Waals surface area (Å²) in [5.41, 5.74) is 3.09. The van der Waals surface area contributed by atoms with Crippen molar-refractivity contribution < 1.29 is 14.6 Å². The molecule has 2 heterocycles. The molecule has 0 unspecified atom stereocenters. The van der Waals surface area contributed by atoms with Gasteiger partial charge in [0.15, 0.2) is 11.5 Å². The Labute approximate surface area is 134 Å². The molecule has 0 saturated heterocycles. The van der Waals surface area contributed by atoms with E-state index in [4.69, 9.17) is 19.6 Å². The molecule has 5 heteroatoms. The van der Waals surface area contributed by atoms with Crippen LogP contribution in [0.1, 0.15) is 12.8 Å². The van der Waals surface area contributed by atoms with Gasteiger partial charge in [0.1, 0.15) is 5.82 Å². The molecule has 1 aliphatic rings. The van der Waals surface area contributed by atoms with Crippen LogP contribution in [-0.4, -0.2) is 28.1 Å². The predicted molar refractivity (Wildman–Crippen MR) is 87.6 cm³/mol. The van der Waals surface area contributed by atoms with Crippen molar-refractivity contribution in [3.8, 4) is 22.9 Å². The molecule has 1 aromatic heterocycles. The van der Waals surface area contributed by atoms with Gasteiger partial charge in [-0.3, -0.25) is 0 Å². The zero-order valence-electron chi connectivity index (χ0n) is 12.7. The maximum absolute atomic E-state index is 9.04. The largest absolute Gasteiger partial charge is 0.454 e. The number of aliphatic hydroxyl groups is 1. The first-order valence-electron chi connectivity index (χ1n) is 7.83. The highest BCUT2D eigenvalue weighted by molar-refractivity contribution is 5.81. The number of hydrogen-bond donors (Lipinski definition) is 1. The summed E-state index contributed by atoms with van der Waals surface area (Å²) in [4.78, 5) is 4.79. The van der Waals surface area contributed by atoms with E-state index in [1.54, 1.807) is 0 Å². The van der Waals surface area contributed by atoms with Crippen LogP contribution in [0.5, 0.6) is 11.5 Å². The fourth-order valence-corrected chi connectivity index (χ4v) is 2.94. The molecule has 0 spiro atoms. The number of benzene rings is 2. The molecule has 118 valence electrons. The minimum atomic E-state index is 0.214. The number of rotatable bonds is 5. The highest BCUT2D eigenvalue weighted by Crippen LogP contribution is 2.36. The van der Waals surface area contributed by atoms with Gasteiger partial charge in [0, 0.05) is 18.7 Å². The molecule has 0 bridgehead atoms. The van der Waals surface area contributed by atoms with Crippen LogP contribution in [0.25, 0.3) is 22.4 Å². The summed E-state index contributed by atoms with van der Waals surface area (Å²) in [6, 6.07) is 14.0. The van der Waals surface area contributed by atoms with Crippen molar-refractivity contribution >= 4 is 11.0 Å². The Morgan fingerprint density at radius 1 is 1.04 bits per heavy atom. The van der Waals surface area contributed by atoms with Crippen LogP contribution < -0.4 is 9.47 Å². The number of aliphatic hydroxyl groups excluding tert-OH is 1. The molecule has 5 nitrogen and oxygen atoms in total. The van der Waals surface area contributed by atoms with Gasteiger partial charge in [-0.2, -0.15) is 0 Å². The molecule has 23 heavy (non-hydrogen) atoms. The number of imidazole rings is 1. The SMILES string of the molecule is OCCCCn1c(-c2ccc3c(c2)OCO3)nc2ccccc21. The summed E-state index contributed by atoms with van der Waals surface area (Å²) >= 11 is 0. The van der Waals surface area contributed by atoms with Gasteiger partial charge in [-0.1, -0.05) is 12.1 Å². The minimum absolute atomic E-state index is 0.214. The van der Waals surface area contributed by atoms with Crippen molar-refractivity contribution in [1.82, 2.24) is 9.55 Å². The maximum Gasteiger partial charge on any atom is 0.231 e. The lowest BCUT2D eigenvalue weighted by Gasteiger charge is -2.09. The second-order valence-corrected chi connectivity index (χ2v) is 5.57. The van der Waals surface area contributed by atoms with E-state index < -0.39 is 0 Å². The van der Waals surface area contributed by atoms with Crippen molar-refractivity contribution in [1.29, 1.82) is 0 Å². The predicted octanol–water partition coefficient (Wildman–Crippen LogP) is 3.20. The maximum atomic E-state index is 9.04. The van der Waals surface area contributed by atoms with E-state index in [-0.39, 0.29) is 13.4 Å². The second-order valence-electron chi connectivity index (χ2n) is 5.57. The van der Waals surface area contributed by atoms with Gasteiger partial charge in [-0.15, -0.1) is 0 Å². The second kappa shape index (κ2) is 5.93. The van der Waals surface area contributed by atoms with Gasteiger partial charge in [0.2, 0.25) is 6.79 Å². The quantitative estimate of drug-likeness (QED) is 0.735. The number of aryl methyl sites for hydroxylation is 1. The summed E-state index contributed by atoms with van der Waals surface area (Å²) < 4.78 is 13.1. The molecule has 2 aromatic carbocycles. The third-order valence-corrected chi connectivity index (χ3v) is 4.08. The molecule has 4 rings (SSSR count). The van der Waals surface area contributed by atoms with E-state index in [9.17, 15) is 0 Å². The normalized spacial score (nSPS) is 12.9. The summed E-state index contributed by atoms with van der Waals surface area (Å²) in [5, 5.41) is 9.04. The van der Waals surface area contributed by atoms with Crippen LogP contribution in [-0.2, 0) is 6.54 Å². The van der Waals surface area contributed by atoms with Crippen molar-refractivity contribution in [3.63, 3.8) is 0 Å². The number of nitrogens with zero attached hydrogens (tertiary/aromatic N) is 2. The van der Waals surface area contributed by atoms with Gasteiger partial charge in [-0.05, 0) is 43.2 Å². The lowest BCUT2D eigenvalue weighted by atomic mass is 10.2. The molecule has 0 atom stereocenters. The highest BCUT2D eigenvalue weighted by Gasteiger charge is 2.17. The van der Waals surface area contributed by atoms with Gasteiger partial charge in [-0.25, -0.2) is 4.98 Å². The molecule has 0 radical (unpaired) electrons. The Morgan fingerprint density at radius 2 is 1.91 bits per heavy atom. The Hall–Kier alpha value is -2.53. The lowest BCUT2D eigenvalue weighted by molar-refractivity contribution is 0.174. The summed E-state index contributed by atoms with van der Waals surface area (Å²) in [7, 11) is 0. The summed E-state index contributed by atoms with van der Waals surface area (Å²) in [6.45, 7) is 1.31. The summed E-state index contributed by atoms with van der Waals surface area (Å²) in [6.07, 6.45) is 1.70. The zero-order valence-corrected chi connectivity index (χ0v) is 12.7. The standard InChI is InChI=1S/C18H18N2O3/c21-10-4-3-9-20-15-6-2-1-5-14(15)19-18(20)13-7-8-16-17(11-13)23-12-22-16/h1-2,5-8,11,21H,3-4,9-10,12H2. The fraction of sp³-hybridized carbons (Fsp3) is 0.278. The lowest BCUT2D eigenvalue weighted by Crippen LogP contribution is -2.01. The molecule has 0 saturated carbocycles. The average molecular weight is 310 g/mol. The molecule has 0 fully saturated rings. The summed E-state index contributed by atoms with van der Waals surface area (Å²) in [5.74, 6) is 2.45. The first-order valence-corrected chi connectivity index (χ1v) is 7.83. The number of hydrogen-bond acceptors (Lipinski definition) is 4. The first-order chi connectivity index (χ1) is 11.4. The topological polar surface area (TPSA) is 56.5 Å².